The van der Waals surface area contributed by atoms with Gasteiger partial charge in [0.25, 0.3) is 0 Å². The molecule has 2 heterocycles. The summed E-state index contributed by atoms with van der Waals surface area (Å²) in [5.41, 5.74) is -0.295. The molecule has 2 rings (SSSR count). The van der Waals surface area contributed by atoms with Gasteiger partial charge in [-0.25, -0.2) is 0 Å². The Kier molecular flexibility index (Phi) is 5.62. The molecule has 2 amide bonds. The third-order valence-electron chi connectivity index (χ3n) is 4.97. The van der Waals surface area contributed by atoms with Crippen molar-refractivity contribution in [3.8, 4) is 0 Å². The molecule has 0 aliphatic carbocycles. The fourth-order valence-electron chi connectivity index (χ4n) is 3.87. The van der Waals surface area contributed by atoms with Crippen molar-refractivity contribution in [2.45, 2.75) is 57.9 Å². The first-order chi connectivity index (χ1) is 10.1. The number of likely N-dealkylation sites (tertiary alicyclic amines) is 1. The Morgan fingerprint density at radius 1 is 1.33 bits per heavy atom. The molecular formula is C16H29N3O2. The van der Waals surface area contributed by atoms with Gasteiger partial charge < -0.3 is 15.5 Å². The van der Waals surface area contributed by atoms with Crippen LogP contribution in [0.2, 0.25) is 0 Å². The molecule has 0 spiro atoms. The molecule has 5 nitrogen and oxygen atoms in total. The molecule has 5 heteroatoms. The van der Waals surface area contributed by atoms with Crippen molar-refractivity contribution in [2.24, 2.45) is 5.41 Å². The predicted octanol–water partition coefficient (Wildman–Crippen LogP) is 1.28. The topological polar surface area (TPSA) is 61.4 Å². The lowest BCUT2D eigenvalue weighted by molar-refractivity contribution is -0.152. The highest BCUT2D eigenvalue weighted by atomic mass is 16.2. The maximum Gasteiger partial charge on any atom is 0.242 e. The van der Waals surface area contributed by atoms with Gasteiger partial charge in [0.05, 0.1) is 5.41 Å². The SMILES string of the molecule is CCCC1(C(=O)N2CCCCC2C(=O)NC)CCCNC1. The summed E-state index contributed by atoms with van der Waals surface area (Å²) in [6.45, 7) is 4.62. The summed E-state index contributed by atoms with van der Waals surface area (Å²) in [6, 6.07) is -0.271. The summed E-state index contributed by atoms with van der Waals surface area (Å²) >= 11 is 0. The molecule has 2 saturated heterocycles. The molecular weight excluding hydrogens is 266 g/mol. The second-order valence-electron chi connectivity index (χ2n) is 6.44. The minimum atomic E-state index is -0.295. The standard InChI is InChI=1S/C16H29N3O2/c1-3-8-16(9-6-10-18-12-16)15(21)19-11-5-4-7-13(19)14(20)17-2/h13,18H,3-12H2,1-2H3,(H,17,20). The summed E-state index contributed by atoms with van der Waals surface area (Å²) in [7, 11) is 1.66. The van der Waals surface area contributed by atoms with Crippen LogP contribution < -0.4 is 10.6 Å². The number of hydrogen-bond donors (Lipinski definition) is 2. The molecule has 120 valence electrons. The van der Waals surface area contributed by atoms with Gasteiger partial charge in [0, 0.05) is 20.1 Å². The highest BCUT2D eigenvalue weighted by molar-refractivity contribution is 5.90. The molecule has 2 aliphatic heterocycles. The molecule has 2 N–H and O–H groups in total. The molecule has 2 atom stereocenters. The average Bonchev–Trinajstić information content (AvgIpc) is 2.54. The number of amides is 2. The molecule has 2 fully saturated rings. The smallest absolute Gasteiger partial charge is 0.242 e. The van der Waals surface area contributed by atoms with Gasteiger partial charge in [0.2, 0.25) is 11.8 Å². The van der Waals surface area contributed by atoms with Crippen LogP contribution >= 0.6 is 0 Å². The van der Waals surface area contributed by atoms with E-state index in [1.807, 2.05) is 4.90 Å². The molecule has 0 aromatic carbocycles. The summed E-state index contributed by atoms with van der Waals surface area (Å²) in [6.07, 6.45) is 6.74. The van der Waals surface area contributed by atoms with Gasteiger partial charge in [0.1, 0.15) is 6.04 Å². The van der Waals surface area contributed by atoms with Crippen LogP contribution in [0.1, 0.15) is 51.9 Å². The summed E-state index contributed by atoms with van der Waals surface area (Å²) in [5, 5.41) is 6.11. The molecule has 0 aromatic heterocycles. The lowest BCUT2D eigenvalue weighted by Gasteiger charge is -2.44. The zero-order valence-corrected chi connectivity index (χ0v) is 13.4. The minimum Gasteiger partial charge on any atom is -0.357 e. The van der Waals surface area contributed by atoms with E-state index in [0.29, 0.717) is 0 Å². The largest absolute Gasteiger partial charge is 0.357 e. The lowest BCUT2D eigenvalue weighted by Crippen LogP contribution is -2.58. The molecule has 21 heavy (non-hydrogen) atoms. The number of rotatable bonds is 4. The zero-order chi connectivity index (χ0) is 15.3. The van der Waals surface area contributed by atoms with Crippen molar-refractivity contribution in [3.05, 3.63) is 0 Å². The van der Waals surface area contributed by atoms with Gasteiger partial charge in [0.15, 0.2) is 0 Å². The number of carbonyl (C=O) groups excluding carboxylic acids is 2. The van der Waals surface area contributed by atoms with Gasteiger partial charge in [-0.3, -0.25) is 9.59 Å². The van der Waals surface area contributed by atoms with E-state index < -0.39 is 0 Å². The van der Waals surface area contributed by atoms with Gasteiger partial charge in [-0.15, -0.1) is 0 Å². The van der Waals surface area contributed by atoms with E-state index in [0.717, 1.165) is 64.6 Å². The number of hydrogen-bond acceptors (Lipinski definition) is 3. The predicted molar refractivity (Wildman–Crippen MR) is 82.9 cm³/mol. The van der Waals surface area contributed by atoms with Crippen LogP contribution in [0.3, 0.4) is 0 Å². The third kappa shape index (κ3) is 3.39. The summed E-state index contributed by atoms with van der Waals surface area (Å²) in [5.74, 6) is 0.184. The maximum absolute atomic E-state index is 13.2. The first-order valence-corrected chi connectivity index (χ1v) is 8.38. The quantitative estimate of drug-likeness (QED) is 0.821. The molecule has 0 saturated carbocycles. The molecule has 2 unspecified atom stereocenters. The van der Waals surface area contributed by atoms with Crippen LogP contribution in [0.25, 0.3) is 0 Å². The Labute approximate surface area is 127 Å². The normalized spacial score (nSPS) is 30.0. The van der Waals surface area contributed by atoms with E-state index in [1.165, 1.54) is 0 Å². The number of nitrogens with zero attached hydrogens (tertiary/aromatic N) is 1. The summed E-state index contributed by atoms with van der Waals surface area (Å²) in [4.78, 5) is 27.2. The first kappa shape index (κ1) is 16.3. The Morgan fingerprint density at radius 2 is 2.14 bits per heavy atom. The highest BCUT2D eigenvalue weighted by Gasteiger charge is 2.44. The van der Waals surface area contributed by atoms with E-state index in [9.17, 15) is 9.59 Å². The number of piperidine rings is 2. The van der Waals surface area contributed by atoms with Crippen molar-refractivity contribution in [1.29, 1.82) is 0 Å². The van der Waals surface area contributed by atoms with Gasteiger partial charge in [-0.1, -0.05) is 13.3 Å². The zero-order valence-electron chi connectivity index (χ0n) is 13.4. The van der Waals surface area contributed by atoms with E-state index in [1.54, 1.807) is 7.05 Å². The molecule has 0 aromatic rings. The van der Waals surface area contributed by atoms with E-state index in [4.69, 9.17) is 0 Å². The fraction of sp³-hybridized carbons (Fsp3) is 0.875. The average molecular weight is 295 g/mol. The molecule has 2 aliphatic rings. The lowest BCUT2D eigenvalue weighted by atomic mass is 9.75. The monoisotopic (exact) mass is 295 g/mol. The van der Waals surface area contributed by atoms with Crippen molar-refractivity contribution in [2.75, 3.05) is 26.7 Å². The number of likely N-dealkylation sites (N-methyl/N-ethyl adjacent to an activating group) is 1. The number of carbonyl (C=O) groups is 2. The second-order valence-corrected chi connectivity index (χ2v) is 6.44. The van der Waals surface area contributed by atoms with E-state index in [-0.39, 0.29) is 23.3 Å². The maximum atomic E-state index is 13.2. The third-order valence-corrected chi connectivity index (χ3v) is 4.97. The fourth-order valence-corrected chi connectivity index (χ4v) is 3.87. The van der Waals surface area contributed by atoms with E-state index >= 15 is 0 Å². The highest BCUT2D eigenvalue weighted by Crippen LogP contribution is 2.35. The van der Waals surface area contributed by atoms with Gasteiger partial charge in [-0.05, 0) is 45.1 Å². The van der Waals surface area contributed by atoms with E-state index in [2.05, 4.69) is 17.6 Å². The van der Waals surface area contributed by atoms with Crippen LogP contribution in [-0.4, -0.2) is 49.4 Å². The van der Waals surface area contributed by atoms with Crippen molar-refractivity contribution >= 4 is 11.8 Å². The Hall–Kier alpha value is -1.10. The van der Waals surface area contributed by atoms with Gasteiger partial charge >= 0.3 is 0 Å². The van der Waals surface area contributed by atoms with Crippen molar-refractivity contribution in [1.82, 2.24) is 15.5 Å². The van der Waals surface area contributed by atoms with Crippen molar-refractivity contribution in [3.63, 3.8) is 0 Å². The molecule has 0 radical (unpaired) electrons. The summed E-state index contributed by atoms with van der Waals surface area (Å²) < 4.78 is 0. The van der Waals surface area contributed by atoms with Crippen molar-refractivity contribution < 1.29 is 9.59 Å². The number of nitrogens with one attached hydrogen (secondary N) is 2. The van der Waals surface area contributed by atoms with Crippen LogP contribution in [-0.2, 0) is 9.59 Å². The van der Waals surface area contributed by atoms with Crippen LogP contribution in [0.4, 0.5) is 0 Å². The first-order valence-electron chi connectivity index (χ1n) is 8.38. The Bertz CT molecular complexity index is 372. The Balaban J connectivity index is 2.19. The second kappa shape index (κ2) is 7.25. The minimum absolute atomic E-state index is 0.0153. The van der Waals surface area contributed by atoms with Crippen LogP contribution in [0.5, 0.6) is 0 Å². The molecule has 0 bridgehead atoms. The van der Waals surface area contributed by atoms with Crippen LogP contribution in [0, 0.1) is 5.41 Å². The van der Waals surface area contributed by atoms with Crippen LogP contribution in [0.15, 0.2) is 0 Å². The Morgan fingerprint density at radius 3 is 2.76 bits per heavy atom. The van der Waals surface area contributed by atoms with Gasteiger partial charge in [-0.2, -0.15) is 0 Å².